The molecule has 1 fully saturated rings. The normalized spacial score (nSPS) is 15.8. The highest BCUT2D eigenvalue weighted by Gasteiger charge is 2.29. The molecular weight excluding hydrogens is 292 g/mol. The molecule has 1 aromatic heterocycles. The first-order chi connectivity index (χ1) is 10.1. The van der Waals surface area contributed by atoms with E-state index in [1.807, 2.05) is 17.0 Å². The molecule has 2 aromatic rings. The smallest absolute Gasteiger partial charge is 0.303 e. The van der Waals surface area contributed by atoms with Gasteiger partial charge < -0.3 is 10.4 Å². The number of likely N-dealkylation sites (tertiary alicyclic amines) is 1. The van der Waals surface area contributed by atoms with E-state index in [0.29, 0.717) is 24.3 Å². The van der Waals surface area contributed by atoms with Crippen molar-refractivity contribution in [3.8, 4) is 0 Å². The molecule has 3 rings (SSSR count). The molecule has 0 aliphatic carbocycles. The summed E-state index contributed by atoms with van der Waals surface area (Å²) in [5, 5.41) is 11.5. The van der Waals surface area contributed by atoms with E-state index in [1.54, 1.807) is 6.07 Å². The summed E-state index contributed by atoms with van der Waals surface area (Å²) in [7, 11) is 0. The first-order valence-corrected chi connectivity index (χ1v) is 7.30. The molecule has 110 valence electrons. The molecule has 0 unspecified atom stereocenters. The van der Waals surface area contributed by atoms with Gasteiger partial charge in [0.2, 0.25) is 5.91 Å². The van der Waals surface area contributed by atoms with Gasteiger partial charge in [-0.15, -0.1) is 0 Å². The van der Waals surface area contributed by atoms with Crippen LogP contribution in [-0.4, -0.2) is 50.3 Å². The second-order valence-corrected chi connectivity index (χ2v) is 5.67. The second-order valence-electron chi connectivity index (χ2n) is 5.14. The van der Waals surface area contributed by atoms with Crippen LogP contribution in [0, 0.1) is 5.92 Å². The lowest BCUT2D eigenvalue weighted by atomic mass is 9.96. The van der Waals surface area contributed by atoms with Gasteiger partial charge >= 0.3 is 5.97 Å². The molecule has 21 heavy (non-hydrogen) atoms. The van der Waals surface area contributed by atoms with E-state index in [-0.39, 0.29) is 24.8 Å². The maximum atomic E-state index is 12.0. The molecule has 8 heteroatoms. The van der Waals surface area contributed by atoms with Crippen molar-refractivity contribution in [2.45, 2.75) is 6.42 Å². The van der Waals surface area contributed by atoms with E-state index in [0.717, 1.165) is 17.2 Å². The minimum Gasteiger partial charge on any atom is -0.481 e. The van der Waals surface area contributed by atoms with Crippen molar-refractivity contribution in [1.29, 1.82) is 0 Å². The SMILES string of the molecule is O=C(O)CC1CN(CC(=O)Nc2cccc3nsnc23)C1. The van der Waals surface area contributed by atoms with Gasteiger partial charge in [-0.3, -0.25) is 14.5 Å². The van der Waals surface area contributed by atoms with Crippen LogP contribution in [-0.2, 0) is 9.59 Å². The molecule has 0 saturated carbocycles. The third-order valence-electron chi connectivity index (χ3n) is 3.42. The predicted molar refractivity (Wildman–Crippen MR) is 78.2 cm³/mol. The molecule has 2 heterocycles. The number of carbonyl (C=O) groups is 2. The maximum Gasteiger partial charge on any atom is 0.303 e. The third kappa shape index (κ3) is 3.17. The van der Waals surface area contributed by atoms with Crippen LogP contribution in [0.3, 0.4) is 0 Å². The molecule has 0 radical (unpaired) electrons. The topological polar surface area (TPSA) is 95.4 Å². The summed E-state index contributed by atoms with van der Waals surface area (Å²) in [5.41, 5.74) is 2.13. The van der Waals surface area contributed by atoms with Crippen LogP contribution in [0.25, 0.3) is 11.0 Å². The highest BCUT2D eigenvalue weighted by atomic mass is 32.1. The summed E-state index contributed by atoms with van der Waals surface area (Å²) >= 11 is 1.11. The number of hydrogen-bond acceptors (Lipinski definition) is 6. The minimum absolute atomic E-state index is 0.121. The van der Waals surface area contributed by atoms with Gasteiger partial charge in [-0.25, -0.2) is 0 Å². The molecule has 1 aliphatic heterocycles. The van der Waals surface area contributed by atoms with Gasteiger partial charge in [0, 0.05) is 13.1 Å². The number of aliphatic carboxylic acids is 1. The van der Waals surface area contributed by atoms with E-state index >= 15 is 0 Å². The van der Waals surface area contributed by atoms with Crippen molar-refractivity contribution in [2.75, 3.05) is 25.0 Å². The van der Waals surface area contributed by atoms with Crippen molar-refractivity contribution in [1.82, 2.24) is 13.6 Å². The number of aromatic nitrogens is 2. The number of nitrogens with one attached hydrogen (secondary N) is 1. The quantitative estimate of drug-likeness (QED) is 0.857. The Bertz CT molecular complexity index is 681. The summed E-state index contributed by atoms with van der Waals surface area (Å²) in [4.78, 5) is 24.5. The molecular formula is C13H14N4O3S. The molecule has 0 spiro atoms. The molecule has 2 N–H and O–H groups in total. The second kappa shape index (κ2) is 5.74. The molecule has 1 amide bonds. The van der Waals surface area contributed by atoms with Crippen molar-refractivity contribution < 1.29 is 14.7 Å². The predicted octanol–water partition coefficient (Wildman–Crippen LogP) is 1.04. The van der Waals surface area contributed by atoms with E-state index in [2.05, 4.69) is 14.1 Å². The zero-order valence-electron chi connectivity index (χ0n) is 11.2. The molecule has 1 saturated heterocycles. The Kier molecular flexibility index (Phi) is 3.80. The van der Waals surface area contributed by atoms with Crippen molar-refractivity contribution >= 4 is 40.3 Å². The third-order valence-corrected chi connectivity index (χ3v) is 3.97. The van der Waals surface area contributed by atoms with E-state index in [4.69, 9.17) is 5.11 Å². The van der Waals surface area contributed by atoms with Gasteiger partial charge in [-0.2, -0.15) is 8.75 Å². The minimum atomic E-state index is -0.785. The van der Waals surface area contributed by atoms with Gasteiger partial charge in [0.1, 0.15) is 11.0 Å². The fourth-order valence-electron chi connectivity index (χ4n) is 2.48. The Labute approximate surface area is 124 Å². The molecule has 0 atom stereocenters. The van der Waals surface area contributed by atoms with Crippen LogP contribution in [0.1, 0.15) is 6.42 Å². The number of carboxylic acids is 1. The fraction of sp³-hybridized carbons (Fsp3) is 0.385. The molecule has 7 nitrogen and oxygen atoms in total. The van der Waals surface area contributed by atoms with Crippen molar-refractivity contribution in [2.24, 2.45) is 5.92 Å². The summed E-state index contributed by atoms with van der Waals surface area (Å²) in [6.45, 7) is 1.58. The summed E-state index contributed by atoms with van der Waals surface area (Å²) in [6.07, 6.45) is 0.169. The van der Waals surface area contributed by atoms with Crippen LogP contribution >= 0.6 is 11.7 Å². The lowest BCUT2D eigenvalue weighted by Crippen LogP contribution is -2.50. The zero-order valence-corrected chi connectivity index (χ0v) is 12.0. The van der Waals surface area contributed by atoms with E-state index in [9.17, 15) is 9.59 Å². The Hall–Kier alpha value is -2.06. The van der Waals surface area contributed by atoms with Crippen LogP contribution in [0.2, 0.25) is 0 Å². The van der Waals surface area contributed by atoms with Crippen LogP contribution < -0.4 is 5.32 Å². The van der Waals surface area contributed by atoms with Crippen molar-refractivity contribution in [3.05, 3.63) is 18.2 Å². The molecule has 0 bridgehead atoms. The van der Waals surface area contributed by atoms with Crippen LogP contribution in [0.4, 0.5) is 5.69 Å². The maximum absolute atomic E-state index is 12.0. The standard InChI is InChI=1S/C13H14N4O3S/c18-11(7-17-5-8(6-17)4-12(19)20)14-9-2-1-3-10-13(9)16-21-15-10/h1-3,8H,4-7H2,(H,14,18)(H,19,20). The number of carbonyl (C=O) groups excluding carboxylic acids is 1. The van der Waals surface area contributed by atoms with Gasteiger partial charge in [0.05, 0.1) is 30.4 Å². The Morgan fingerprint density at radius 2 is 2.19 bits per heavy atom. The highest BCUT2D eigenvalue weighted by Crippen LogP contribution is 2.22. The summed E-state index contributed by atoms with van der Waals surface area (Å²) in [5.74, 6) is -0.752. The Balaban J connectivity index is 1.54. The average Bonchev–Trinajstić information content (AvgIpc) is 2.85. The number of fused-ring (bicyclic) bond motifs is 1. The van der Waals surface area contributed by atoms with Gasteiger partial charge in [-0.1, -0.05) is 6.07 Å². The lowest BCUT2D eigenvalue weighted by Gasteiger charge is -2.37. The lowest BCUT2D eigenvalue weighted by molar-refractivity contribution is -0.139. The van der Waals surface area contributed by atoms with Gasteiger partial charge in [0.25, 0.3) is 0 Å². The number of nitrogens with zero attached hydrogens (tertiary/aromatic N) is 3. The van der Waals surface area contributed by atoms with Crippen LogP contribution in [0.5, 0.6) is 0 Å². The average molecular weight is 306 g/mol. The largest absolute Gasteiger partial charge is 0.481 e. The van der Waals surface area contributed by atoms with Crippen LogP contribution in [0.15, 0.2) is 18.2 Å². The number of anilines is 1. The number of carboxylic acid groups (broad SMARTS) is 1. The number of benzene rings is 1. The van der Waals surface area contributed by atoms with Gasteiger partial charge in [0.15, 0.2) is 0 Å². The number of rotatable bonds is 5. The first kappa shape index (κ1) is 13.9. The molecule has 1 aromatic carbocycles. The monoisotopic (exact) mass is 306 g/mol. The van der Waals surface area contributed by atoms with E-state index in [1.165, 1.54) is 0 Å². The number of amides is 1. The zero-order chi connectivity index (χ0) is 14.8. The van der Waals surface area contributed by atoms with Gasteiger partial charge in [-0.05, 0) is 18.1 Å². The molecule has 1 aliphatic rings. The van der Waals surface area contributed by atoms with E-state index < -0.39 is 5.97 Å². The Morgan fingerprint density at radius 1 is 1.38 bits per heavy atom. The van der Waals surface area contributed by atoms with Crippen molar-refractivity contribution in [3.63, 3.8) is 0 Å². The summed E-state index contributed by atoms with van der Waals surface area (Å²) in [6, 6.07) is 5.47. The Morgan fingerprint density at radius 3 is 2.95 bits per heavy atom. The first-order valence-electron chi connectivity index (χ1n) is 6.57. The summed E-state index contributed by atoms with van der Waals surface area (Å²) < 4.78 is 8.29. The number of hydrogen-bond donors (Lipinski definition) is 2. The highest BCUT2D eigenvalue weighted by molar-refractivity contribution is 7.00. The fourth-order valence-corrected chi connectivity index (χ4v) is 3.03.